The highest BCUT2D eigenvalue weighted by atomic mass is 19.4. The van der Waals surface area contributed by atoms with Crippen molar-refractivity contribution in [2.45, 2.75) is 50.8 Å². The number of carboxylic acids is 3. The fourth-order valence-corrected chi connectivity index (χ4v) is 4.76. The zero-order valence-electron chi connectivity index (χ0n) is 24.6. The van der Waals surface area contributed by atoms with Crippen LogP contribution in [0.4, 0.5) is 39.5 Å². The zero-order valence-corrected chi connectivity index (χ0v) is 24.6. The van der Waals surface area contributed by atoms with Gasteiger partial charge in [-0.25, -0.2) is 14.4 Å². The largest absolute Gasteiger partial charge is 0.490 e. The van der Waals surface area contributed by atoms with Gasteiger partial charge in [0.1, 0.15) is 0 Å². The van der Waals surface area contributed by atoms with Crippen LogP contribution in [0, 0.1) is 5.41 Å². The normalized spacial score (nSPS) is 19.4. The van der Waals surface area contributed by atoms with Crippen LogP contribution >= 0.6 is 0 Å². The van der Waals surface area contributed by atoms with Crippen LogP contribution in [0.15, 0.2) is 18.3 Å². The molecule has 266 valence electrons. The van der Waals surface area contributed by atoms with Crippen molar-refractivity contribution >= 4 is 17.9 Å². The summed E-state index contributed by atoms with van der Waals surface area (Å²) >= 11 is 0. The van der Waals surface area contributed by atoms with Crippen LogP contribution in [0.3, 0.4) is 0 Å². The molecule has 0 unspecified atom stereocenters. The third-order valence-corrected chi connectivity index (χ3v) is 7.15. The lowest BCUT2D eigenvalue weighted by Gasteiger charge is -2.42. The van der Waals surface area contributed by atoms with E-state index in [9.17, 15) is 39.5 Å². The highest BCUT2D eigenvalue weighted by molar-refractivity contribution is 5.73. The van der Waals surface area contributed by atoms with Crippen molar-refractivity contribution in [3.05, 3.63) is 24.0 Å². The SMILES string of the molecule is O=C(O)C(F)(F)F.O=C(O)C(F)(F)F.O=C(O)C(F)(F)F.c1c[nH]c(CN2CCC3(CC2)COCCN(CCN2CCCC2)C3)c1. The third-order valence-electron chi connectivity index (χ3n) is 7.15. The van der Waals surface area contributed by atoms with Crippen LogP contribution in [0.5, 0.6) is 0 Å². The second-order valence-corrected chi connectivity index (χ2v) is 10.8. The number of carboxylic acid groups (broad SMARTS) is 3. The highest BCUT2D eigenvalue weighted by Gasteiger charge is 2.40. The smallest absolute Gasteiger partial charge is 0.475 e. The average molecular weight is 689 g/mol. The first-order valence-electron chi connectivity index (χ1n) is 13.9. The number of H-pyrrole nitrogens is 1. The van der Waals surface area contributed by atoms with E-state index in [0.29, 0.717) is 5.41 Å². The lowest BCUT2D eigenvalue weighted by atomic mass is 9.78. The molecule has 4 rings (SSSR count). The summed E-state index contributed by atoms with van der Waals surface area (Å²) in [6, 6.07) is 4.29. The summed E-state index contributed by atoms with van der Waals surface area (Å²) in [5, 5.41) is 21.4. The standard InChI is InChI=1S/C20H34N4O.3C2HF3O2/c1-2-9-22(8-1)12-13-24-14-15-25-18-20(17-24)5-10-23(11-6-20)16-19-4-3-7-21-19;3*3-2(4,5)1(6)7/h3-4,7,21H,1-2,5-6,8-18H2;3*(H,6,7). The molecule has 0 amide bonds. The van der Waals surface area contributed by atoms with Crippen LogP contribution in [-0.4, -0.2) is 137 Å². The second kappa shape index (κ2) is 18.3. The summed E-state index contributed by atoms with van der Waals surface area (Å²) in [7, 11) is 0. The Hall–Kier alpha value is -3.10. The van der Waals surface area contributed by atoms with E-state index in [1.165, 1.54) is 77.2 Å². The molecular weight excluding hydrogens is 651 g/mol. The number of piperidine rings is 1. The van der Waals surface area contributed by atoms with Gasteiger partial charge in [-0.2, -0.15) is 39.5 Å². The number of hydrogen-bond donors (Lipinski definition) is 4. The van der Waals surface area contributed by atoms with E-state index >= 15 is 0 Å². The molecule has 3 fully saturated rings. The molecule has 3 saturated heterocycles. The molecule has 0 aromatic carbocycles. The van der Waals surface area contributed by atoms with Gasteiger partial charge in [0.15, 0.2) is 0 Å². The van der Waals surface area contributed by atoms with E-state index in [0.717, 1.165) is 26.3 Å². The minimum absolute atomic E-state index is 0.383. The van der Waals surface area contributed by atoms with Crippen molar-refractivity contribution < 1.29 is 74.0 Å². The predicted octanol–water partition coefficient (Wildman–Crippen LogP) is 3.92. The Labute approximate surface area is 257 Å². The number of halogens is 9. The number of aromatic nitrogens is 1. The minimum Gasteiger partial charge on any atom is -0.475 e. The van der Waals surface area contributed by atoms with Crippen molar-refractivity contribution in [3.63, 3.8) is 0 Å². The third kappa shape index (κ3) is 16.5. The molecule has 0 radical (unpaired) electrons. The number of hydrogen-bond acceptors (Lipinski definition) is 7. The molecule has 3 aliphatic rings. The first kappa shape index (κ1) is 40.9. The summed E-state index contributed by atoms with van der Waals surface area (Å²) in [5.41, 5.74) is 1.72. The molecule has 0 bridgehead atoms. The molecular formula is C26H37F9N4O7. The number of rotatable bonds is 5. The van der Waals surface area contributed by atoms with Gasteiger partial charge in [-0.05, 0) is 64.0 Å². The number of aliphatic carboxylic acids is 3. The first-order chi connectivity index (χ1) is 21.1. The lowest BCUT2D eigenvalue weighted by molar-refractivity contribution is -0.193. The molecule has 3 aliphatic heterocycles. The van der Waals surface area contributed by atoms with E-state index < -0.39 is 36.4 Å². The lowest BCUT2D eigenvalue weighted by Crippen LogP contribution is -2.48. The quantitative estimate of drug-likeness (QED) is 0.336. The molecule has 1 aromatic heterocycles. The molecule has 0 aliphatic carbocycles. The van der Waals surface area contributed by atoms with Gasteiger partial charge in [0.2, 0.25) is 0 Å². The van der Waals surface area contributed by atoms with Crippen molar-refractivity contribution in [1.82, 2.24) is 19.7 Å². The van der Waals surface area contributed by atoms with Crippen LogP contribution < -0.4 is 0 Å². The van der Waals surface area contributed by atoms with E-state index in [-0.39, 0.29) is 0 Å². The number of aromatic amines is 1. The van der Waals surface area contributed by atoms with Gasteiger partial charge >= 0.3 is 36.4 Å². The minimum atomic E-state index is -5.08. The average Bonchev–Trinajstić information content (AvgIpc) is 3.62. The Morgan fingerprint density at radius 1 is 0.739 bits per heavy atom. The van der Waals surface area contributed by atoms with Gasteiger partial charge in [0, 0.05) is 50.0 Å². The maximum atomic E-state index is 10.6. The molecule has 0 saturated carbocycles. The van der Waals surface area contributed by atoms with Crippen LogP contribution in [0.25, 0.3) is 0 Å². The fraction of sp³-hybridized carbons (Fsp3) is 0.731. The Bertz CT molecular complexity index is 997. The molecule has 20 heteroatoms. The summed E-state index contributed by atoms with van der Waals surface area (Å²) in [5.74, 6) is -8.27. The number of carbonyl (C=O) groups is 3. The summed E-state index contributed by atoms with van der Waals surface area (Å²) in [4.78, 5) is 37.9. The van der Waals surface area contributed by atoms with Gasteiger partial charge in [0.25, 0.3) is 0 Å². The van der Waals surface area contributed by atoms with E-state index in [2.05, 4.69) is 31.8 Å². The van der Waals surface area contributed by atoms with Crippen molar-refractivity contribution in [2.24, 2.45) is 5.41 Å². The molecule has 11 nitrogen and oxygen atoms in total. The maximum Gasteiger partial charge on any atom is 0.490 e. The molecule has 0 atom stereocenters. The van der Waals surface area contributed by atoms with Gasteiger partial charge < -0.3 is 29.9 Å². The Kier molecular flexibility index (Phi) is 16.3. The molecule has 1 aromatic rings. The number of ether oxygens (including phenoxy) is 1. The second-order valence-electron chi connectivity index (χ2n) is 10.8. The van der Waals surface area contributed by atoms with Crippen molar-refractivity contribution in [2.75, 3.05) is 65.6 Å². The highest BCUT2D eigenvalue weighted by Crippen LogP contribution is 2.34. The van der Waals surface area contributed by atoms with Crippen molar-refractivity contribution in [1.29, 1.82) is 0 Å². The van der Waals surface area contributed by atoms with Gasteiger partial charge in [-0.3, -0.25) is 9.80 Å². The summed E-state index contributed by atoms with van der Waals surface area (Å²) < 4.78 is 101. The predicted molar refractivity (Wildman–Crippen MR) is 142 cm³/mol. The maximum absolute atomic E-state index is 10.6. The van der Waals surface area contributed by atoms with E-state index in [1.54, 1.807) is 0 Å². The Balaban J connectivity index is 0.000000413. The van der Waals surface area contributed by atoms with Crippen LogP contribution in [0.1, 0.15) is 31.4 Å². The number of nitrogens with zero attached hydrogens (tertiary/aromatic N) is 3. The number of alkyl halides is 9. The summed E-state index contributed by atoms with van der Waals surface area (Å²) in [6.07, 6.45) is -7.90. The molecule has 4 heterocycles. The van der Waals surface area contributed by atoms with E-state index in [4.69, 9.17) is 34.4 Å². The summed E-state index contributed by atoms with van der Waals surface area (Å²) in [6.45, 7) is 12.8. The van der Waals surface area contributed by atoms with Crippen LogP contribution in [0.2, 0.25) is 0 Å². The van der Waals surface area contributed by atoms with E-state index in [1.807, 2.05) is 6.20 Å². The molecule has 4 N–H and O–H groups in total. The zero-order chi connectivity index (χ0) is 35.2. The number of nitrogens with one attached hydrogen (secondary N) is 1. The molecule has 46 heavy (non-hydrogen) atoms. The number of likely N-dealkylation sites (tertiary alicyclic amines) is 2. The Morgan fingerprint density at radius 3 is 1.61 bits per heavy atom. The topological polar surface area (TPSA) is 147 Å². The van der Waals surface area contributed by atoms with Gasteiger partial charge in [-0.15, -0.1) is 0 Å². The fourth-order valence-electron chi connectivity index (χ4n) is 4.76. The first-order valence-corrected chi connectivity index (χ1v) is 13.9. The Morgan fingerprint density at radius 2 is 1.20 bits per heavy atom. The van der Waals surface area contributed by atoms with Crippen molar-refractivity contribution in [3.8, 4) is 0 Å². The molecule has 1 spiro atoms. The van der Waals surface area contributed by atoms with Gasteiger partial charge in [-0.1, -0.05) is 0 Å². The monoisotopic (exact) mass is 688 g/mol. The van der Waals surface area contributed by atoms with Crippen LogP contribution in [-0.2, 0) is 25.7 Å². The van der Waals surface area contributed by atoms with Gasteiger partial charge in [0.05, 0.1) is 13.2 Å².